The van der Waals surface area contributed by atoms with Gasteiger partial charge in [0.1, 0.15) is 0 Å². The van der Waals surface area contributed by atoms with Crippen LogP contribution < -0.4 is 0 Å². The van der Waals surface area contributed by atoms with E-state index in [2.05, 4.69) is 4.74 Å². The van der Waals surface area contributed by atoms with Crippen LogP contribution in [0.3, 0.4) is 0 Å². The summed E-state index contributed by atoms with van der Waals surface area (Å²) in [6.45, 7) is -0.241. The van der Waals surface area contributed by atoms with Gasteiger partial charge >= 0.3 is 12.1 Å². The first-order valence-corrected chi connectivity index (χ1v) is 7.89. The van der Waals surface area contributed by atoms with Crippen molar-refractivity contribution in [1.29, 1.82) is 0 Å². The van der Waals surface area contributed by atoms with Gasteiger partial charge in [-0.2, -0.15) is 13.2 Å². The van der Waals surface area contributed by atoms with Crippen molar-refractivity contribution in [3.8, 4) is 0 Å². The van der Waals surface area contributed by atoms with Crippen LogP contribution >= 0.6 is 0 Å². The third-order valence-corrected chi connectivity index (χ3v) is 5.28. The lowest BCUT2D eigenvalue weighted by Crippen LogP contribution is -2.43. The first kappa shape index (κ1) is 17.2. The predicted octanol–water partition coefficient (Wildman–Crippen LogP) is 1.54. The quantitative estimate of drug-likeness (QED) is 0.722. The summed E-state index contributed by atoms with van der Waals surface area (Å²) >= 11 is 0. The molecule has 0 aromatic rings. The summed E-state index contributed by atoms with van der Waals surface area (Å²) in [7, 11) is -2.39. The third-order valence-electron chi connectivity index (χ3n) is 3.32. The first-order chi connectivity index (χ1) is 9.16. The van der Waals surface area contributed by atoms with Crippen molar-refractivity contribution in [2.24, 2.45) is 5.92 Å². The lowest BCUT2D eigenvalue weighted by atomic mass is 9.98. The molecule has 9 heteroatoms. The molecule has 118 valence electrons. The maximum absolute atomic E-state index is 12.5. The Hall–Kier alpha value is -0.830. The van der Waals surface area contributed by atoms with E-state index >= 15 is 0 Å². The van der Waals surface area contributed by atoms with E-state index in [0.717, 1.165) is 4.31 Å². The predicted molar refractivity (Wildman–Crippen MR) is 65.4 cm³/mol. The number of ether oxygens (including phenoxy) is 1. The van der Waals surface area contributed by atoms with E-state index in [1.807, 2.05) is 0 Å². The van der Waals surface area contributed by atoms with Crippen LogP contribution in [0.25, 0.3) is 0 Å². The second-order valence-corrected chi connectivity index (χ2v) is 6.80. The molecule has 0 amide bonds. The normalized spacial score (nSPS) is 19.0. The molecule has 0 bridgehead atoms. The molecule has 1 fully saturated rings. The SMILES string of the molecule is COC(=O)CCCS(=O)(=O)N1CCC(C(F)(F)F)CC1. The minimum Gasteiger partial charge on any atom is -0.469 e. The van der Waals surface area contributed by atoms with Gasteiger partial charge in [-0.15, -0.1) is 0 Å². The van der Waals surface area contributed by atoms with Gasteiger partial charge in [-0.1, -0.05) is 0 Å². The van der Waals surface area contributed by atoms with E-state index in [1.165, 1.54) is 7.11 Å². The summed E-state index contributed by atoms with van der Waals surface area (Å²) in [5.41, 5.74) is 0. The van der Waals surface area contributed by atoms with Crippen LogP contribution in [0.2, 0.25) is 0 Å². The summed E-state index contributed by atoms with van der Waals surface area (Å²) in [6, 6.07) is 0. The molecular formula is C11H18F3NO4S. The first-order valence-electron chi connectivity index (χ1n) is 6.28. The monoisotopic (exact) mass is 317 g/mol. The van der Waals surface area contributed by atoms with Crippen molar-refractivity contribution < 1.29 is 31.1 Å². The van der Waals surface area contributed by atoms with Crippen molar-refractivity contribution >= 4 is 16.0 Å². The second kappa shape index (κ2) is 6.75. The van der Waals surface area contributed by atoms with Crippen LogP contribution in [0.1, 0.15) is 25.7 Å². The van der Waals surface area contributed by atoms with Gasteiger partial charge in [-0.25, -0.2) is 12.7 Å². The molecule has 0 unspecified atom stereocenters. The Labute approximate surface area is 116 Å². The molecule has 1 saturated heterocycles. The van der Waals surface area contributed by atoms with Gasteiger partial charge in [-0.3, -0.25) is 4.79 Å². The van der Waals surface area contributed by atoms with Crippen molar-refractivity contribution in [3.05, 3.63) is 0 Å². The Kier molecular flexibility index (Phi) is 5.81. The number of esters is 1. The van der Waals surface area contributed by atoms with Gasteiger partial charge in [0.2, 0.25) is 10.0 Å². The summed E-state index contributed by atoms with van der Waals surface area (Å²) in [6.07, 6.45) is -4.59. The van der Waals surface area contributed by atoms with E-state index in [1.54, 1.807) is 0 Å². The molecule has 1 aliphatic rings. The summed E-state index contributed by atoms with van der Waals surface area (Å²) in [4.78, 5) is 10.9. The van der Waals surface area contributed by atoms with Crippen LogP contribution in [-0.4, -0.2) is 50.8 Å². The zero-order chi connectivity index (χ0) is 15.4. The number of carbonyl (C=O) groups is 1. The highest BCUT2D eigenvalue weighted by atomic mass is 32.2. The number of piperidine rings is 1. The highest BCUT2D eigenvalue weighted by Crippen LogP contribution is 2.34. The molecule has 5 nitrogen and oxygen atoms in total. The van der Waals surface area contributed by atoms with Gasteiger partial charge in [0, 0.05) is 19.5 Å². The van der Waals surface area contributed by atoms with Crippen LogP contribution in [0.15, 0.2) is 0 Å². The number of carbonyl (C=O) groups excluding carboxylic acids is 1. The Morgan fingerprint density at radius 2 is 1.85 bits per heavy atom. The minimum atomic E-state index is -4.26. The molecule has 20 heavy (non-hydrogen) atoms. The lowest BCUT2D eigenvalue weighted by molar-refractivity contribution is -0.182. The molecule has 1 rings (SSSR count). The molecule has 0 saturated carbocycles. The standard InChI is InChI=1S/C11H18F3NO4S/c1-19-10(16)3-2-8-20(17,18)15-6-4-9(5-7-15)11(12,13)14/h9H,2-8H2,1H3. The Bertz CT molecular complexity index is 427. The summed E-state index contributed by atoms with van der Waals surface area (Å²) in [5.74, 6) is -2.18. The third kappa shape index (κ3) is 4.93. The molecule has 0 aromatic heterocycles. The van der Waals surface area contributed by atoms with Crippen LogP contribution in [-0.2, 0) is 19.6 Å². The average molecular weight is 317 g/mol. The number of methoxy groups -OCH3 is 1. The van der Waals surface area contributed by atoms with E-state index in [9.17, 15) is 26.4 Å². The Morgan fingerprint density at radius 1 is 1.30 bits per heavy atom. The fourth-order valence-corrected chi connectivity index (χ4v) is 3.63. The maximum Gasteiger partial charge on any atom is 0.391 e. The molecule has 0 aromatic carbocycles. The smallest absolute Gasteiger partial charge is 0.391 e. The highest BCUT2D eigenvalue weighted by molar-refractivity contribution is 7.89. The molecule has 1 heterocycles. The molecule has 0 spiro atoms. The zero-order valence-electron chi connectivity index (χ0n) is 11.1. The molecule has 0 atom stereocenters. The number of halogens is 3. The molecule has 0 radical (unpaired) electrons. The highest BCUT2D eigenvalue weighted by Gasteiger charge is 2.42. The van der Waals surface area contributed by atoms with Crippen molar-refractivity contribution in [3.63, 3.8) is 0 Å². The number of hydrogen-bond donors (Lipinski definition) is 0. The minimum absolute atomic E-state index is 0.0191. The van der Waals surface area contributed by atoms with Crippen molar-refractivity contribution in [2.75, 3.05) is 26.0 Å². The van der Waals surface area contributed by atoms with Gasteiger partial charge in [-0.05, 0) is 19.3 Å². The Morgan fingerprint density at radius 3 is 2.30 bits per heavy atom. The summed E-state index contributed by atoms with van der Waals surface area (Å²) < 4.78 is 66.7. The van der Waals surface area contributed by atoms with E-state index in [4.69, 9.17) is 0 Å². The average Bonchev–Trinajstić information content (AvgIpc) is 2.37. The zero-order valence-corrected chi connectivity index (χ0v) is 12.0. The van der Waals surface area contributed by atoms with Gasteiger partial charge in [0.15, 0.2) is 0 Å². The van der Waals surface area contributed by atoms with Crippen molar-refractivity contribution in [2.45, 2.75) is 31.9 Å². The molecule has 0 aliphatic carbocycles. The fourth-order valence-electron chi connectivity index (χ4n) is 2.09. The number of hydrogen-bond acceptors (Lipinski definition) is 4. The number of rotatable bonds is 5. The van der Waals surface area contributed by atoms with Crippen LogP contribution in [0.4, 0.5) is 13.2 Å². The molecule has 1 aliphatic heterocycles. The van der Waals surface area contributed by atoms with Crippen molar-refractivity contribution in [1.82, 2.24) is 4.31 Å². The van der Waals surface area contributed by atoms with E-state index < -0.39 is 28.1 Å². The van der Waals surface area contributed by atoms with E-state index in [-0.39, 0.29) is 44.5 Å². The largest absolute Gasteiger partial charge is 0.469 e. The molecular weight excluding hydrogens is 299 g/mol. The van der Waals surface area contributed by atoms with Crippen LogP contribution in [0, 0.1) is 5.92 Å². The van der Waals surface area contributed by atoms with Gasteiger partial charge in [0.05, 0.1) is 18.8 Å². The lowest BCUT2D eigenvalue weighted by Gasteiger charge is -2.32. The van der Waals surface area contributed by atoms with Crippen LogP contribution in [0.5, 0.6) is 0 Å². The number of sulfonamides is 1. The summed E-state index contributed by atoms with van der Waals surface area (Å²) in [5, 5.41) is 0. The molecule has 0 N–H and O–H groups in total. The van der Waals surface area contributed by atoms with Gasteiger partial charge < -0.3 is 4.74 Å². The maximum atomic E-state index is 12.5. The fraction of sp³-hybridized carbons (Fsp3) is 0.909. The number of alkyl halides is 3. The Balaban J connectivity index is 2.45. The number of nitrogens with zero attached hydrogens (tertiary/aromatic N) is 1. The van der Waals surface area contributed by atoms with E-state index in [0.29, 0.717) is 0 Å². The van der Waals surface area contributed by atoms with Gasteiger partial charge in [0.25, 0.3) is 0 Å². The second-order valence-electron chi connectivity index (χ2n) is 4.71. The topological polar surface area (TPSA) is 63.7 Å².